The molecule has 0 saturated carbocycles. The van der Waals surface area contributed by atoms with E-state index in [1.165, 1.54) is 5.08 Å². The first kappa shape index (κ1) is 11.4. The van der Waals surface area contributed by atoms with Gasteiger partial charge in [-0.05, 0) is 6.92 Å². The highest BCUT2D eigenvalue weighted by Gasteiger charge is 2.27. The van der Waals surface area contributed by atoms with Gasteiger partial charge in [0, 0.05) is 28.8 Å². The highest BCUT2D eigenvalue weighted by molar-refractivity contribution is 8.16. The van der Waals surface area contributed by atoms with Gasteiger partial charge in [-0.1, -0.05) is 13.8 Å². The molecular weight excluding hydrogens is 202 g/mol. The molecular formula is C9H17NOS2. The molecule has 0 aromatic carbocycles. The van der Waals surface area contributed by atoms with E-state index in [0.29, 0.717) is 0 Å². The minimum Gasteiger partial charge on any atom is -0.299 e. The number of hydrogen-bond donors (Lipinski definition) is 0. The molecule has 0 aliphatic carbocycles. The Bertz CT molecular complexity index is 188. The van der Waals surface area contributed by atoms with Crippen LogP contribution in [0.1, 0.15) is 20.8 Å². The summed E-state index contributed by atoms with van der Waals surface area (Å²) in [6, 6.07) is 0. The summed E-state index contributed by atoms with van der Waals surface area (Å²) in [6.45, 7) is 6.63. The second-order valence-electron chi connectivity index (χ2n) is 4.05. The van der Waals surface area contributed by atoms with Crippen LogP contribution in [0, 0.1) is 5.41 Å². The van der Waals surface area contributed by atoms with Crippen molar-refractivity contribution in [3.63, 3.8) is 0 Å². The van der Waals surface area contributed by atoms with E-state index in [0.717, 1.165) is 18.3 Å². The van der Waals surface area contributed by atoms with Gasteiger partial charge in [0.15, 0.2) is 0 Å². The van der Waals surface area contributed by atoms with E-state index in [-0.39, 0.29) is 11.2 Å². The lowest BCUT2D eigenvalue weighted by atomic mass is 9.89. The lowest BCUT2D eigenvalue weighted by Crippen LogP contribution is -2.39. The molecule has 2 nitrogen and oxygen atoms in total. The molecule has 1 saturated heterocycles. The smallest absolute Gasteiger partial charge is 0.136 e. The summed E-state index contributed by atoms with van der Waals surface area (Å²) < 4.78 is 0. The van der Waals surface area contributed by atoms with Crippen LogP contribution in [-0.4, -0.2) is 34.1 Å². The van der Waals surface area contributed by atoms with Gasteiger partial charge in [0.2, 0.25) is 0 Å². The maximum atomic E-state index is 11.3. The third-order valence-corrected chi connectivity index (χ3v) is 4.72. The van der Waals surface area contributed by atoms with E-state index in [9.17, 15) is 4.79 Å². The van der Waals surface area contributed by atoms with Crippen molar-refractivity contribution in [1.29, 1.82) is 0 Å². The first-order valence-corrected chi connectivity index (χ1v) is 6.72. The zero-order chi connectivity index (χ0) is 9.90. The molecule has 1 heterocycles. The van der Waals surface area contributed by atoms with Crippen LogP contribution in [0.25, 0.3) is 0 Å². The van der Waals surface area contributed by atoms with Gasteiger partial charge in [0.25, 0.3) is 0 Å². The Balaban J connectivity index is 2.41. The van der Waals surface area contributed by atoms with Gasteiger partial charge in [0.1, 0.15) is 5.78 Å². The van der Waals surface area contributed by atoms with Crippen LogP contribution in [0.2, 0.25) is 0 Å². The fourth-order valence-electron chi connectivity index (χ4n) is 1.19. The molecule has 1 rings (SSSR count). The minimum absolute atomic E-state index is 0.182. The molecule has 1 aliphatic heterocycles. The summed E-state index contributed by atoms with van der Waals surface area (Å²) in [5, 5.41) is 1.19. The third kappa shape index (κ3) is 3.52. The Morgan fingerprint density at radius 1 is 1.38 bits per heavy atom. The highest BCUT2D eigenvalue weighted by Crippen LogP contribution is 2.26. The highest BCUT2D eigenvalue weighted by atomic mass is 32.2. The monoisotopic (exact) mass is 219 g/mol. The van der Waals surface area contributed by atoms with Crippen molar-refractivity contribution in [1.82, 2.24) is 4.90 Å². The molecule has 0 N–H and O–H groups in total. The summed E-state index contributed by atoms with van der Waals surface area (Å²) in [6.07, 6.45) is 0. The molecule has 1 aliphatic rings. The lowest BCUT2D eigenvalue weighted by Gasteiger charge is -2.32. The maximum absolute atomic E-state index is 11.3. The number of rotatable bonds is 3. The quantitative estimate of drug-likeness (QED) is 0.725. The van der Waals surface area contributed by atoms with Crippen molar-refractivity contribution in [2.24, 2.45) is 5.41 Å². The van der Waals surface area contributed by atoms with Gasteiger partial charge in [-0.3, -0.25) is 9.69 Å². The summed E-state index contributed by atoms with van der Waals surface area (Å²) in [5.74, 6) is 2.43. The summed E-state index contributed by atoms with van der Waals surface area (Å²) >= 11 is 3.87. The molecule has 0 atom stereocenters. The van der Waals surface area contributed by atoms with Crippen molar-refractivity contribution in [2.45, 2.75) is 20.8 Å². The molecule has 13 heavy (non-hydrogen) atoms. The van der Waals surface area contributed by atoms with Gasteiger partial charge in [-0.15, -0.1) is 23.5 Å². The minimum atomic E-state index is -0.182. The average molecular weight is 219 g/mol. The largest absolute Gasteiger partial charge is 0.299 e. The number of carbonyl (C=O) groups excluding carboxylic acids is 1. The molecule has 0 aromatic rings. The van der Waals surface area contributed by atoms with Crippen molar-refractivity contribution in [3.8, 4) is 0 Å². The second-order valence-corrected chi connectivity index (χ2v) is 6.33. The van der Waals surface area contributed by atoms with E-state index < -0.39 is 0 Å². The van der Waals surface area contributed by atoms with Crippen molar-refractivity contribution < 1.29 is 4.79 Å². The zero-order valence-corrected chi connectivity index (χ0v) is 10.1. The van der Waals surface area contributed by atoms with E-state index >= 15 is 0 Å². The summed E-state index contributed by atoms with van der Waals surface area (Å²) in [4.78, 5) is 13.6. The Hall–Kier alpha value is 0.330. The first-order chi connectivity index (χ1) is 6.02. The molecule has 1 fully saturated rings. The van der Waals surface area contributed by atoms with Crippen LogP contribution in [0.15, 0.2) is 0 Å². The number of Topliss-reactive ketones (excluding diaryl/α,β-unsaturated/α-hetero) is 1. The predicted molar refractivity (Wildman–Crippen MR) is 61.0 cm³/mol. The van der Waals surface area contributed by atoms with Gasteiger partial charge in [-0.25, -0.2) is 0 Å². The fraction of sp³-hybridized carbons (Fsp3) is 0.889. The molecule has 0 bridgehead atoms. The number of ketones is 1. The second kappa shape index (κ2) is 4.71. The number of thioether (sulfide) groups is 2. The summed E-state index contributed by atoms with van der Waals surface area (Å²) in [7, 11) is 0. The molecule has 0 amide bonds. The van der Waals surface area contributed by atoms with E-state index in [2.05, 4.69) is 4.90 Å². The van der Waals surface area contributed by atoms with Crippen LogP contribution >= 0.6 is 23.5 Å². The molecule has 0 spiro atoms. The van der Waals surface area contributed by atoms with Gasteiger partial charge in [-0.2, -0.15) is 0 Å². The Labute approximate surface area is 88.8 Å². The van der Waals surface area contributed by atoms with Crippen LogP contribution in [0.3, 0.4) is 0 Å². The Morgan fingerprint density at radius 2 is 1.92 bits per heavy atom. The normalized spacial score (nSPS) is 20.2. The van der Waals surface area contributed by atoms with Crippen molar-refractivity contribution >= 4 is 29.3 Å². The lowest BCUT2D eigenvalue weighted by molar-refractivity contribution is -0.125. The first-order valence-electron chi connectivity index (χ1n) is 4.41. The topological polar surface area (TPSA) is 20.3 Å². The Morgan fingerprint density at radius 3 is 2.38 bits per heavy atom. The van der Waals surface area contributed by atoms with Crippen LogP contribution in [0.4, 0.5) is 0 Å². The summed E-state index contributed by atoms with van der Waals surface area (Å²) in [5.41, 5.74) is -0.182. The third-order valence-electron chi connectivity index (χ3n) is 2.29. The van der Waals surface area contributed by atoms with Gasteiger partial charge < -0.3 is 0 Å². The number of hydrogen-bond acceptors (Lipinski definition) is 4. The zero-order valence-electron chi connectivity index (χ0n) is 8.50. The maximum Gasteiger partial charge on any atom is 0.136 e. The average Bonchev–Trinajstić information content (AvgIpc) is 2.05. The van der Waals surface area contributed by atoms with Gasteiger partial charge in [0.05, 0.1) is 0 Å². The molecule has 4 heteroatoms. The van der Waals surface area contributed by atoms with Crippen molar-refractivity contribution in [3.05, 3.63) is 0 Å². The number of carbonyl (C=O) groups is 1. The van der Waals surface area contributed by atoms with E-state index in [4.69, 9.17) is 0 Å². The SMILES string of the molecule is CC(=O)C(C)(C)CN1CSCSC1. The van der Waals surface area contributed by atoms with Gasteiger partial charge >= 0.3 is 0 Å². The van der Waals surface area contributed by atoms with E-state index in [1.54, 1.807) is 6.92 Å². The molecule has 76 valence electrons. The van der Waals surface area contributed by atoms with Crippen LogP contribution < -0.4 is 0 Å². The van der Waals surface area contributed by atoms with Crippen molar-refractivity contribution in [2.75, 3.05) is 23.4 Å². The molecule has 0 aromatic heterocycles. The van der Waals surface area contributed by atoms with Crippen LogP contribution in [-0.2, 0) is 4.79 Å². The predicted octanol–water partition coefficient (Wildman–Crippen LogP) is 2.26. The fourth-order valence-corrected chi connectivity index (χ4v) is 3.26. The standard InChI is InChI=1S/C9H17NOS2/c1-8(11)9(2,3)4-10-5-12-7-13-6-10/h4-7H2,1-3H3. The molecule has 0 unspecified atom stereocenters. The number of nitrogens with zero attached hydrogens (tertiary/aromatic N) is 1. The Kier molecular flexibility index (Phi) is 4.13. The van der Waals surface area contributed by atoms with E-state index in [1.807, 2.05) is 37.4 Å². The van der Waals surface area contributed by atoms with Crippen LogP contribution in [0.5, 0.6) is 0 Å². The molecule has 0 radical (unpaired) electrons.